The molecule has 0 bridgehead atoms. The van der Waals surface area contributed by atoms with Crippen LogP contribution < -0.4 is 4.90 Å². The molecule has 36 heavy (non-hydrogen) atoms. The van der Waals surface area contributed by atoms with Gasteiger partial charge in [-0.2, -0.15) is 0 Å². The zero-order chi connectivity index (χ0) is 26.0. The fraction of sp³-hybridized carbons (Fsp3) is 0.600. The molecule has 3 rings (SSSR count). The van der Waals surface area contributed by atoms with Crippen molar-refractivity contribution in [2.24, 2.45) is 0 Å². The molecule has 1 saturated heterocycles. The molecule has 0 atom stereocenters. The third-order valence-electron chi connectivity index (χ3n) is 6.29. The van der Waals surface area contributed by atoms with Crippen LogP contribution in [0.5, 0.6) is 0 Å². The lowest BCUT2D eigenvalue weighted by molar-refractivity contribution is -0.117. The Bertz CT molecular complexity index is 877. The van der Waals surface area contributed by atoms with Crippen molar-refractivity contribution in [3.63, 3.8) is 0 Å². The minimum absolute atomic E-state index is 0.204. The van der Waals surface area contributed by atoms with E-state index >= 15 is 0 Å². The van der Waals surface area contributed by atoms with E-state index in [0.717, 1.165) is 63.6 Å². The maximum absolute atomic E-state index is 11.7. The van der Waals surface area contributed by atoms with Crippen LogP contribution >= 0.6 is 11.3 Å². The lowest BCUT2D eigenvalue weighted by Gasteiger charge is -2.15. The van der Waals surface area contributed by atoms with E-state index in [1.807, 2.05) is 17.0 Å². The summed E-state index contributed by atoms with van der Waals surface area (Å²) in [5.41, 5.74) is 2.45. The van der Waals surface area contributed by atoms with Crippen molar-refractivity contribution in [3.05, 3.63) is 51.7 Å². The summed E-state index contributed by atoms with van der Waals surface area (Å²) in [6.07, 6.45) is 13.9. The number of hydrogen-bond acceptors (Lipinski definition) is 5. The number of unbranched alkanes of at least 4 members (excludes halogenated alkanes) is 6. The van der Waals surface area contributed by atoms with Crippen molar-refractivity contribution in [3.8, 4) is 0 Å². The topological polar surface area (TPSA) is 66.8 Å². The number of benzene rings is 1. The van der Waals surface area contributed by atoms with Crippen molar-refractivity contribution in [2.75, 3.05) is 24.7 Å². The number of esters is 1. The number of anilines is 1. The summed E-state index contributed by atoms with van der Waals surface area (Å²) in [6, 6.07) is 12.4. The van der Waals surface area contributed by atoms with Gasteiger partial charge in [-0.25, -0.2) is 4.79 Å². The minimum atomic E-state index is -0.204. The number of nitrogens with zero attached hydrogens (tertiary/aromatic N) is 1. The van der Waals surface area contributed by atoms with Gasteiger partial charge in [-0.15, -0.1) is 11.3 Å². The van der Waals surface area contributed by atoms with Gasteiger partial charge in [0.05, 0.1) is 6.61 Å². The van der Waals surface area contributed by atoms with Gasteiger partial charge >= 0.3 is 5.97 Å². The SMILES string of the molecule is CCCCCCc1ccc(N2CCCC2=O)cc1.CCCc1ccc(C(=O)OCCCCCCO)s1. The van der Waals surface area contributed by atoms with Gasteiger partial charge in [0.2, 0.25) is 5.91 Å². The zero-order valence-electron chi connectivity index (χ0n) is 22.3. The van der Waals surface area contributed by atoms with Crippen LogP contribution in [0.4, 0.5) is 5.69 Å². The number of rotatable bonds is 15. The molecule has 0 saturated carbocycles. The molecule has 5 nitrogen and oxygen atoms in total. The maximum Gasteiger partial charge on any atom is 0.348 e. The Hall–Kier alpha value is -2.18. The Labute approximate surface area is 221 Å². The lowest BCUT2D eigenvalue weighted by atomic mass is 10.1. The average molecular weight is 516 g/mol. The summed E-state index contributed by atoms with van der Waals surface area (Å²) in [6.45, 7) is 5.97. The molecule has 0 unspecified atom stereocenters. The average Bonchev–Trinajstić information content (AvgIpc) is 3.54. The molecule has 2 aromatic rings. The minimum Gasteiger partial charge on any atom is -0.462 e. The van der Waals surface area contributed by atoms with E-state index in [1.165, 1.54) is 47.5 Å². The van der Waals surface area contributed by atoms with Crippen molar-refractivity contribution in [2.45, 2.75) is 97.3 Å². The third kappa shape index (κ3) is 11.3. The van der Waals surface area contributed by atoms with E-state index in [-0.39, 0.29) is 18.5 Å². The number of carbonyl (C=O) groups excluding carboxylic acids is 2. The van der Waals surface area contributed by atoms with Gasteiger partial charge in [0.1, 0.15) is 4.88 Å². The molecule has 6 heteroatoms. The molecule has 1 aromatic heterocycles. The van der Waals surface area contributed by atoms with Crippen molar-refractivity contribution < 1.29 is 19.4 Å². The number of thiophene rings is 1. The normalized spacial score (nSPS) is 13.0. The molecule has 1 aliphatic rings. The van der Waals surface area contributed by atoms with Crippen LogP contribution in [0.3, 0.4) is 0 Å². The second-order valence-corrected chi connectivity index (χ2v) is 10.6. The van der Waals surface area contributed by atoms with E-state index in [1.54, 1.807) is 0 Å². The highest BCUT2D eigenvalue weighted by molar-refractivity contribution is 7.13. The molecule has 1 aliphatic heterocycles. The highest BCUT2D eigenvalue weighted by Crippen LogP contribution is 2.22. The number of hydrogen-bond donors (Lipinski definition) is 1. The highest BCUT2D eigenvalue weighted by Gasteiger charge is 2.21. The van der Waals surface area contributed by atoms with Gasteiger partial charge in [0.15, 0.2) is 0 Å². The number of aliphatic hydroxyl groups excluding tert-OH is 1. The Balaban J connectivity index is 0.000000254. The number of carbonyl (C=O) groups is 2. The van der Waals surface area contributed by atoms with Crippen LogP contribution in [0.2, 0.25) is 0 Å². The first-order chi connectivity index (χ1) is 17.6. The molecule has 0 spiro atoms. The second-order valence-electron chi connectivity index (χ2n) is 9.42. The molecular weight excluding hydrogens is 470 g/mol. The summed E-state index contributed by atoms with van der Waals surface area (Å²) in [7, 11) is 0. The summed E-state index contributed by atoms with van der Waals surface area (Å²) in [5.74, 6) is 0.0650. The van der Waals surface area contributed by atoms with Gasteiger partial charge in [0.25, 0.3) is 0 Å². The molecule has 1 fully saturated rings. The first kappa shape index (κ1) is 30.0. The fourth-order valence-electron chi connectivity index (χ4n) is 4.19. The smallest absolute Gasteiger partial charge is 0.348 e. The molecule has 1 N–H and O–H groups in total. The van der Waals surface area contributed by atoms with E-state index in [4.69, 9.17) is 9.84 Å². The predicted molar refractivity (Wildman–Crippen MR) is 150 cm³/mol. The molecule has 0 aliphatic carbocycles. The summed E-state index contributed by atoms with van der Waals surface area (Å²) in [4.78, 5) is 27.2. The van der Waals surface area contributed by atoms with E-state index < -0.39 is 0 Å². The Kier molecular flexibility index (Phi) is 15.1. The Morgan fingerprint density at radius 2 is 1.67 bits per heavy atom. The summed E-state index contributed by atoms with van der Waals surface area (Å²) in [5, 5.41) is 8.62. The van der Waals surface area contributed by atoms with E-state index in [2.05, 4.69) is 38.1 Å². The van der Waals surface area contributed by atoms with Gasteiger partial charge in [0, 0.05) is 30.1 Å². The lowest BCUT2D eigenvalue weighted by Crippen LogP contribution is -2.23. The molecule has 2 heterocycles. The van der Waals surface area contributed by atoms with Crippen molar-refractivity contribution in [1.82, 2.24) is 0 Å². The van der Waals surface area contributed by atoms with Crippen LogP contribution in [0.1, 0.15) is 105 Å². The van der Waals surface area contributed by atoms with Crippen LogP contribution in [0.15, 0.2) is 36.4 Å². The monoisotopic (exact) mass is 515 g/mol. The van der Waals surface area contributed by atoms with Crippen molar-refractivity contribution in [1.29, 1.82) is 0 Å². The molecule has 0 radical (unpaired) electrons. The number of aliphatic hydroxyl groups is 1. The number of ether oxygens (including phenoxy) is 1. The Morgan fingerprint density at radius 3 is 2.33 bits per heavy atom. The summed E-state index contributed by atoms with van der Waals surface area (Å²) >= 11 is 1.53. The number of amides is 1. The quantitative estimate of drug-likeness (QED) is 0.199. The van der Waals surface area contributed by atoms with E-state index in [0.29, 0.717) is 17.9 Å². The Morgan fingerprint density at radius 1 is 0.917 bits per heavy atom. The van der Waals surface area contributed by atoms with Crippen LogP contribution in [-0.4, -0.2) is 36.7 Å². The molecule has 1 aromatic carbocycles. The third-order valence-corrected chi connectivity index (χ3v) is 7.41. The van der Waals surface area contributed by atoms with E-state index in [9.17, 15) is 9.59 Å². The maximum atomic E-state index is 11.7. The molecule has 200 valence electrons. The molecule has 1 amide bonds. The van der Waals surface area contributed by atoms with Gasteiger partial charge in [-0.1, -0.05) is 58.1 Å². The second kappa shape index (κ2) is 18.1. The van der Waals surface area contributed by atoms with Crippen LogP contribution in [-0.2, 0) is 22.4 Å². The predicted octanol–water partition coefficient (Wildman–Crippen LogP) is 7.35. The highest BCUT2D eigenvalue weighted by atomic mass is 32.1. The first-order valence-corrected chi connectivity index (χ1v) is 14.7. The summed E-state index contributed by atoms with van der Waals surface area (Å²) < 4.78 is 5.21. The largest absolute Gasteiger partial charge is 0.462 e. The van der Waals surface area contributed by atoms with Crippen LogP contribution in [0, 0.1) is 0 Å². The molecular formula is C30H45NO4S. The van der Waals surface area contributed by atoms with Gasteiger partial charge in [-0.3, -0.25) is 4.79 Å². The fourth-order valence-corrected chi connectivity index (χ4v) is 5.19. The van der Waals surface area contributed by atoms with Crippen molar-refractivity contribution >= 4 is 28.9 Å². The zero-order valence-corrected chi connectivity index (χ0v) is 23.1. The van der Waals surface area contributed by atoms with Crippen LogP contribution in [0.25, 0.3) is 0 Å². The van der Waals surface area contributed by atoms with Gasteiger partial charge < -0.3 is 14.7 Å². The van der Waals surface area contributed by atoms with Gasteiger partial charge in [-0.05, 0) is 74.8 Å². The first-order valence-electron chi connectivity index (χ1n) is 13.8. The standard InChI is InChI=1S/C16H23NO.C14H22O3S/c1-2-3-4-5-7-14-9-11-15(12-10-14)17-13-6-8-16(17)18;1-2-7-12-8-9-13(18-12)14(16)17-11-6-4-3-5-10-15/h9-12H,2-8,13H2,1H3;8-9,15H,2-7,10-11H2,1H3. The number of aryl methyl sites for hydroxylation is 2.